The molecule has 1 aromatic carbocycles. The molecule has 2 aromatic rings. The van der Waals surface area contributed by atoms with Gasteiger partial charge in [0.25, 0.3) is 5.69 Å². The first-order valence-electron chi connectivity index (χ1n) is 6.39. The lowest BCUT2D eigenvalue weighted by molar-refractivity contribution is -0.385. The number of anilines is 1. The Balaban J connectivity index is 2.14. The van der Waals surface area contributed by atoms with Crippen LogP contribution in [0.3, 0.4) is 0 Å². The summed E-state index contributed by atoms with van der Waals surface area (Å²) in [6.07, 6.45) is 2.36. The van der Waals surface area contributed by atoms with Gasteiger partial charge in [0.1, 0.15) is 12.1 Å². The minimum Gasteiger partial charge on any atom is -0.366 e. The molecule has 0 bridgehead atoms. The van der Waals surface area contributed by atoms with E-state index in [1.54, 1.807) is 13.0 Å². The molecule has 104 valence electrons. The van der Waals surface area contributed by atoms with Crippen molar-refractivity contribution >= 4 is 11.5 Å². The van der Waals surface area contributed by atoms with Gasteiger partial charge in [0.2, 0.25) is 0 Å². The van der Waals surface area contributed by atoms with Gasteiger partial charge in [-0.1, -0.05) is 19.1 Å². The first-order chi connectivity index (χ1) is 9.61. The van der Waals surface area contributed by atoms with Crippen molar-refractivity contribution in [2.24, 2.45) is 0 Å². The smallest absolute Gasteiger partial charge is 0.272 e. The number of aromatic nitrogens is 2. The summed E-state index contributed by atoms with van der Waals surface area (Å²) < 4.78 is 0. The number of rotatable bonds is 5. The molecule has 2 rings (SSSR count). The molecule has 0 aliphatic carbocycles. The summed E-state index contributed by atoms with van der Waals surface area (Å²) in [5, 5.41) is 14.1. The lowest BCUT2D eigenvalue weighted by Crippen LogP contribution is -2.05. The molecular formula is C14H16N4O2. The average Bonchev–Trinajstić information content (AvgIpc) is 2.46. The Bertz CT molecular complexity index is 628. The van der Waals surface area contributed by atoms with E-state index >= 15 is 0 Å². The number of nitrogens with zero attached hydrogens (tertiary/aromatic N) is 3. The van der Waals surface area contributed by atoms with Crippen LogP contribution in [0, 0.1) is 17.0 Å². The lowest BCUT2D eigenvalue weighted by Gasteiger charge is -2.09. The minimum absolute atomic E-state index is 0.140. The van der Waals surface area contributed by atoms with Crippen molar-refractivity contribution in [2.75, 3.05) is 5.32 Å². The predicted molar refractivity (Wildman–Crippen MR) is 76.6 cm³/mol. The quantitative estimate of drug-likeness (QED) is 0.668. The Morgan fingerprint density at radius 1 is 1.35 bits per heavy atom. The molecule has 0 amide bonds. The molecule has 1 heterocycles. The minimum atomic E-state index is -0.362. The van der Waals surface area contributed by atoms with Crippen molar-refractivity contribution < 1.29 is 4.92 Å². The van der Waals surface area contributed by atoms with Crippen molar-refractivity contribution in [1.29, 1.82) is 0 Å². The highest BCUT2D eigenvalue weighted by atomic mass is 16.6. The number of hydrogen-bond donors (Lipinski definition) is 1. The van der Waals surface area contributed by atoms with Crippen molar-refractivity contribution in [2.45, 2.75) is 26.8 Å². The number of nitro groups is 1. The zero-order chi connectivity index (χ0) is 14.5. The maximum absolute atomic E-state index is 10.9. The molecular weight excluding hydrogens is 256 g/mol. The summed E-state index contributed by atoms with van der Waals surface area (Å²) >= 11 is 0. The molecule has 0 saturated carbocycles. The molecule has 0 unspecified atom stereocenters. The van der Waals surface area contributed by atoms with Crippen molar-refractivity contribution in [3.8, 4) is 0 Å². The van der Waals surface area contributed by atoms with Gasteiger partial charge < -0.3 is 5.32 Å². The Hall–Kier alpha value is -2.50. The molecule has 1 N–H and O–H groups in total. The molecule has 0 atom stereocenters. The van der Waals surface area contributed by atoms with Gasteiger partial charge in [0.05, 0.1) is 4.92 Å². The second-order valence-corrected chi connectivity index (χ2v) is 4.42. The van der Waals surface area contributed by atoms with Gasteiger partial charge in [-0.05, 0) is 18.9 Å². The van der Waals surface area contributed by atoms with Crippen molar-refractivity contribution in [3.05, 3.63) is 57.5 Å². The van der Waals surface area contributed by atoms with E-state index in [9.17, 15) is 10.1 Å². The van der Waals surface area contributed by atoms with Gasteiger partial charge >= 0.3 is 0 Å². The van der Waals surface area contributed by atoms with Gasteiger partial charge in [-0.15, -0.1) is 0 Å². The summed E-state index contributed by atoms with van der Waals surface area (Å²) in [6.45, 7) is 4.27. The first kappa shape index (κ1) is 13.9. The summed E-state index contributed by atoms with van der Waals surface area (Å²) in [4.78, 5) is 18.8. The van der Waals surface area contributed by atoms with Crippen LogP contribution in [-0.2, 0) is 13.0 Å². The number of aryl methyl sites for hydroxylation is 1. The standard InChI is InChI=1S/C14H16N4O2/c1-3-12-7-14(17-9-16-12)15-8-11-5-4-6-13(10(11)2)18(19)20/h4-7,9H,3,8H2,1-2H3,(H,15,16,17). The molecule has 0 aliphatic heterocycles. The van der Waals surface area contributed by atoms with Crippen LogP contribution in [0.5, 0.6) is 0 Å². The number of nitrogens with one attached hydrogen (secondary N) is 1. The third kappa shape index (κ3) is 3.09. The van der Waals surface area contributed by atoms with Crippen LogP contribution in [0.15, 0.2) is 30.6 Å². The van der Waals surface area contributed by atoms with Crippen LogP contribution >= 0.6 is 0 Å². The fourth-order valence-corrected chi connectivity index (χ4v) is 1.93. The second-order valence-electron chi connectivity index (χ2n) is 4.42. The summed E-state index contributed by atoms with van der Waals surface area (Å²) in [6, 6.07) is 6.96. The molecule has 0 saturated heterocycles. The Kier molecular flexibility index (Phi) is 4.24. The third-order valence-electron chi connectivity index (χ3n) is 3.16. The molecule has 20 heavy (non-hydrogen) atoms. The van der Waals surface area contributed by atoms with Gasteiger partial charge in [-0.3, -0.25) is 10.1 Å². The molecule has 0 fully saturated rings. The van der Waals surface area contributed by atoms with Gasteiger partial charge in [-0.2, -0.15) is 0 Å². The Morgan fingerprint density at radius 2 is 2.15 bits per heavy atom. The van der Waals surface area contributed by atoms with Crippen molar-refractivity contribution in [1.82, 2.24) is 9.97 Å². The highest BCUT2D eigenvalue weighted by Crippen LogP contribution is 2.21. The van der Waals surface area contributed by atoms with Gasteiger partial charge in [-0.25, -0.2) is 9.97 Å². The fourth-order valence-electron chi connectivity index (χ4n) is 1.93. The molecule has 0 radical (unpaired) electrons. The number of benzene rings is 1. The topological polar surface area (TPSA) is 81.0 Å². The molecule has 0 spiro atoms. The van der Waals surface area contributed by atoms with Crippen molar-refractivity contribution in [3.63, 3.8) is 0 Å². The molecule has 6 nitrogen and oxygen atoms in total. The predicted octanol–water partition coefficient (Wildman–Crippen LogP) is 2.87. The van der Waals surface area contributed by atoms with Crippen LogP contribution in [-0.4, -0.2) is 14.9 Å². The van der Waals surface area contributed by atoms with E-state index in [0.717, 1.165) is 23.5 Å². The fraction of sp³-hybridized carbons (Fsp3) is 0.286. The van der Waals surface area contributed by atoms with E-state index in [4.69, 9.17) is 0 Å². The van der Waals surface area contributed by atoms with E-state index in [1.807, 2.05) is 19.1 Å². The molecule has 1 aromatic heterocycles. The van der Waals surface area contributed by atoms with E-state index in [1.165, 1.54) is 12.4 Å². The number of nitro benzene ring substituents is 1. The van der Waals surface area contributed by atoms with Gasteiger partial charge in [0, 0.05) is 29.9 Å². The number of hydrogen-bond acceptors (Lipinski definition) is 5. The largest absolute Gasteiger partial charge is 0.366 e. The van der Waals surface area contributed by atoms with Gasteiger partial charge in [0.15, 0.2) is 0 Å². The summed E-state index contributed by atoms with van der Waals surface area (Å²) in [7, 11) is 0. The Morgan fingerprint density at radius 3 is 2.85 bits per heavy atom. The maximum atomic E-state index is 10.9. The van der Waals surface area contributed by atoms with Crippen LogP contribution in [0.2, 0.25) is 0 Å². The van der Waals surface area contributed by atoms with E-state index in [2.05, 4.69) is 15.3 Å². The van der Waals surface area contributed by atoms with Crippen LogP contribution in [0.25, 0.3) is 0 Å². The normalized spacial score (nSPS) is 10.3. The van der Waals surface area contributed by atoms with Crippen LogP contribution in [0.1, 0.15) is 23.7 Å². The molecule has 6 heteroatoms. The third-order valence-corrected chi connectivity index (χ3v) is 3.16. The SMILES string of the molecule is CCc1cc(NCc2cccc([N+](=O)[O-])c2C)ncn1. The van der Waals surface area contributed by atoms with E-state index in [0.29, 0.717) is 12.1 Å². The lowest BCUT2D eigenvalue weighted by atomic mass is 10.1. The molecule has 0 aliphatic rings. The second kappa shape index (κ2) is 6.10. The zero-order valence-electron chi connectivity index (χ0n) is 11.5. The van der Waals surface area contributed by atoms with E-state index < -0.39 is 0 Å². The maximum Gasteiger partial charge on any atom is 0.272 e. The van der Waals surface area contributed by atoms with E-state index in [-0.39, 0.29) is 10.6 Å². The zero-order valence-corrected chi connectivity index (χ0v) is 11.5. The highest BCUT2D eigenvalue weighted by molar-refractivity contribution is 5.46. The monoisotopic (exact) mass is 272 g/mol. The van der Waals surface area contributed by atoms with Crippen LogP contribution in [0.4, 0.5) is 11.5 Å². The highest BCUT2D eigenvalue weighted by Gasteiger charge is 2.12. The average molecular weight is 272 g/mol. The summed E-state index contributed by atoms with van der Waals surface area (Å²) in [5.41, 5.74) is 2.66. The first-order valence-corrected chi connectivity index (χ1v) is 6.39. The Labute approximate surface area is 117 Å². The van der Waals surface area contributed by atoms with Crippen LogP contribution < -0.4 is 5.32 Å². The summed E-state index contributed by atoms with van der Waals surface area (Å²) in [5.74, 6) is 0.725.